The normalized spacial score (nSPS) is 13.4. The lowest BCUT2D eigenvalue weighted by molar-refractivity contribution is 0.557. The van der Waals surface area contributed by atoms with Crippen LogP contribution in [0.15, 0.2) is 60.7 Å². The summed E-state index contributed by atoms with van der Waals surface area (Å²) in [7, 11) is -3.18. The monoisotopic (exact) mass is 410 g/mol. The molecule has 0 aliphatic heterocycles. The van der Waals surface area contributed by atoms with E-state index >= 15 is 0 Å². The predicted molar refractivity (Wildman–Crippen MR) is 128 cm³/mol. The first-order valence-electron chi connectivity index (χ1n) is 9.94. The highest BCUT2D eigenvalue weighted by Gasteiger charge is 2.18. The van der Waals surface area contributed by atoms with Crippen molar-refractivity contribution in [3.05, 3.63) is 71.8 Å². The molecule has 0 spiro atoms. The zero-order valence-corrected chi connectivity index (χ0v) is 20.6. The lowest BCUT2D eigenvalue weighted by Crippen LogP contribution is -2.29. The molecule has 2 aromatic rings. The summed E-state index contributed by atoms with van der Waals surface area (Å²) in [5, 5.41) is 0. The van der Waals surface area contributed by atoms with E-state index in [4.69, 9.17) is 8.85 Å². The van der Waals surface area contributed by atoms with Gasteiger partial charge in [0.2, 0.25) is 16.6 Å². The van der Waals surface area contributed by atoms with Crippen molar-refractivity contribution in [3.63, 3.8) is 0 Å². The van der Waals surface area contributed by atoms with Crippen LogP contribution in [0.4, 0.5) is 0 Å². The molecule has 0 aliphatic rings. The summed E-state index contributed by atoms with van der Waals surface area (Å²) in [4.78, 5) is 0. The van der Waals surface area contributed by atoms with Gasteiger partial charge in [-0.05, 0) is 99.7 Å². The molecule has 0 fully saturated rings. The molecule has 2 rings (SSSR count). The summed E-state index contributed by atoms with van der Waals surface area (Å²) in [5.74, 6) is 1.90. The van der Waals surface area contributed by atoms with E-state index in [1.165, 1.54) is 22.3 Å². The van der Waals surface area contributed by atoms with Crippen LogP contribution in [0.25, 0.3) is 11.1 Å². The molecule has 0 bridgehead atoms. The standard InChI is InChI=1S/C24H34O2Si2/c1-9-23(19-11-15-21(16-12-19)25-27(3,4)5)24(10-2)20-13-17-22(18-14-20)26-28(6,7)8/h9-18H,1-8H3/b23-9+,24-10+. The molecule has 0 radical (unpaired) electrons. The molecular formula is C24H34O2Si2. The Hall–Kier alpha value is -2.05. The summed E-state index contributed by atoms with van der Waals surface area (Å²) in [6, 6.07) is 16.9. The highest BCUT2D eigenvalue weighted by Crippen LogP contribution is 2.33. The summed E-state index contributed by atoms with van der Waals surface area (Å²) < 4.78 is 12.2. The number of hydrogen-bond donors (Lipinski definition) is 0. The van der Waals surface area contributed by atoms with E-state index in [9.17, 15) is 0 Å². The van der Waals surface area contributed by atoms with E-state index in [1.807, 2.05) is 0 Å². The molecule has 0 aliphatic carbocycles. The zero-order valence-electron chi connectivity index (χ0n) is 18.6. The molecule has 28 heavy (non-hydrogen) atoms. The fourth-order valence-corrected chi connectivity index (χ4v) is 4.75. The van der Waals surface area contributed by atoms with Gasteiger partial charge in [0, 0.05) is 0 Å². The van der Waals surface area contributed by atoms with E-state index in [2.05, 4.69) is 114 Å². The lowest BCUT2D eigenvalue weighted by Gasteiger charge is -2.20. The molecule has 0 aromatic heterocycles. The van der Waals surface area contributed by atoms with Gasteiger partial charge in [0.05, 0.1) is 0 Å². The minimum absolute atomic E-state index is 0.952. The first kappa shape index (κ1) is 22.2. The molecule has 0 saturated carbocycles. The van der Waals surface area contributed by atoms with Gasteiger partial charge < -0.3 is 8.85 Å². The minimum atomic E-state index is -1.59. The Morgan fingerprint density at radius 2 is 0.857 bits per heavy atom. The second-order valence-electron chi connectivity index (χ2n) is 8.88. The van der Waals surface area contributed by atoms with Crippen LogP contribution in [0.2, 0.25) is 39.3 Å². The second-order valence-corrected chi connectivity index (χ2v) is 17.7. The van der Waals surface area contributed by atoms with Gasteiger partial charge in [-0.1, -0.05) is 36.4 Å². The molecule has 0 saturated heterocycles. The minimum Gasteiger partial charge on any atom is -0.544 e. The quantitative estimate of drug-likeness (QED) is 0.345. The highest BCUT2D eigenvalue weighted by atomic mass is 28.4. The Labute approximate surface area is 173 Å². The molecule has 0 atom stereocenters. The number of allylic oxidation sites excluding steroid dienone is 4. The van der Waals surface area contributed by atoms with Crippen LogP contribution < -0.4 is 8.85 Å². The van der Waals surface area contributed by atoms with E-state index < -0.39 is 16.6 Å². The third kappa shape index (κ3) is 6.53. The summed E-state index contributed by atoms with van der Waals surface area (Å²) >= 11 is 0. The van der Waals surface area contributed by atoms with Gasteiger partial charge in [0.1, 0.15) is 11.5 Å². The van der Waals surface area contributed by atoms with Crippen LogP contribution in [0.3, 0.4) is 0 Å². The Morgan fingerprint density at radius 1 is 0.571 bits per heavy atom. The summed E-state index contributed by atoms with van der Waals surface area (Å²) in [5.41, 5.74) is 4.84. The smallest absolute Gasteiger partial charge is 0.242 e. The van der Waals surface area contributed by atoms with Crippen molar-refractivity contribution in [2.24, 2.45) is 0 Å². The van der Waals surface area contributed by atoms with Gasteiger partial charge in [0.25, 0.3) is 0 Å². The van der Waals surface area contributed by atoms with E-state index in [-0.39, 0.29) is 0 Å². The third-order valence-electron chi connectivity index (χ3n) is 4.05. The predicted octanol–water partition coefficient (Wildman–Crippen LogP) is 7.62. The van der Waals surface area contributed by atoms with Crippen LogP contribution in [-0.2, 0) is 0 Å². The van der Waals surface area contributed by atoms with Crippen molar-refractivity contribution < 1.29 is 8.85 Å². The van der Waals surface area contributed by atoms with Crippen LogP contribution in [0.5, 0.6) is 11.5 Å². The Bertz CT molecular complexity index is 761. The van der Waals surface area contributed by atoms with Crippen molar-refractivity contribution >= 4 is 27.8 Å². The lowest BCUT2D eigenvalue weighted by atomic mass is 9.92. The molecule has 0 amide bonds. The molecule has 0 unspecified atom stereocenters. The molecule has 0 heterocycles. The molecular weight excluding hydrogens is 376 g/mol. The van der Waals surface area contributed by atoms with Gasteiger partial charge in [0.15, 0.2) is 0 Å². The van der Waals surface area contributed by atoms with Gasteiger partial charge >= 0.3 is 0 Å². The molecule has 4 heteroatoms. The van der Waals surface area contributed by atoms with Gasteiger partial charge in [-0.15, -0.1) is 0 Å². The molecule has 0 N–H and O–H groups in total. The maximum atomic E-state index is 6.09. The first-order valence-corrected chi connectivity index (χ1v) is 16.8. The maximum Gasteiger partial charge on any atom is 0.242 e. The van der Waals surface area contributed by atoms with Crippen LogP contribution in [-0.4, -0.2) is 16.6 Å². The van der Waals surface area contributed by atoms with E-state index in [0.717, 1.165) is 11.5 Å². The highest BCUT2D eigenvalue weighted by molar-refractivity contribution is 6.70. The van der Waals surface area contributed by atoms with Crippen molar-refractivity contribution in [1.29, 1.82) is 0 Å². The van der Waals surface area contributed by atoms with Gasteiger partial charge in [-0.3, -0.25) is 0 Å². The van der Waals surface area contributed by atoms with Crippen molar-refractivity contribution in [1.82, 2.24) is 0 Å². The van der Waals surface area contributed by atoms with Gasteiger partial charge in [-0.2, -0.15) is 0 Å². The van der Waals surface area contributed by atoms with Crippen LogP contribution >= 0.6 is 0 Å². The maximum absolute atomic E-state index is 6.09. The number of rotatable bonds is 7. The molecule has 2 nitrogen and oxygen atoms in total. The average Bonchev–Trinajstić information content (AvgIpc) is 2.59. The topological polar surface area (TPSA) is 18.5 Å². The zero-order chi connectivity index (χ0) is 20.9. The summed E-state index contributed by atoms with van der Waals surface area (Å²) in [6.07, 6.45) is 4.35. The number of benzene rings is 2. The van der Waals surface area contributed by atoms with Crippen LogP contribution in [0.1, 0.15) is 25.0 Å². The fourth-order valence-electron chi connectivity index (χ4n) is 3.07. The Kier molecular flexibility index (Phi) is 7.13. The largest absolute Gasteiger partial charge is 0.544 e. The van der Waals surface area contributed by atoms with Crippen molar-refractivity contribution in [3.8, 4) is 11.5 Å². The van der Waals surface area contributed by atoms with E-state index in [1.54, 1.807) is 0 Å². The fraction of sp³-hybridized carbons (Fsp3) is 0.333. The van der Waals surface area contributed by atoms with Gasteiger partial charge in [-0.25, -0.2) is 0 Å². The van der Waals surface area contributed by atoms with Crippen molar-refractivity contribution in [2.45, 2.75) is 53.1 Å². The average molecular weight is 411 g/mol. The van der Waals surface area contributed by atoms with Crippen molar-refractivity contribution in [2.75, 3.05) is 0 Å². The first-order chi connectivity index (χ1) is 13.0. The van der Waals surface area contributed by atoms with E-state index in [0.29, 0.717) is 0 Å². The summed E-state index contributed by atoms with van der Waals surface area (Å²) in [6.45, 7) is 17.4. The Balaban J connectivity index is 2.27. The third-order valence-corrected chi connectivity index (χ3v) is 5.74. The molecule has 150 valence electrons. The second kappa shape index (κ2) is 8.97. The SMILES string of the molecule is C/C=C(/C(=C/C)c1ccc(O[Si](C)(C)C)cc1)c1ccc(O[Si](C)(C)C)cc1. The number of hydrogen-bond acceptors (Lipinski definition) is 2. The van der Waals surface area contributed by atoms with Crippen LogP contribution in [0, 0.1) is 0 Å². The molecule has 2 aromatic carbocycles. The Morgan fingerprint density at radius 3 is 1.07 bits per heavy atom.